The van der Waals surface area contributed by atoms with E-state index in [4.69, 9.17) is 9.47 Å². The molecule has 1 fully saturated rings. The summed E-state index contributed by atoms with van der Waals surface area (Å²) in [5.41, 5.74) is 0.592. The fourth-order valence-electron chi connectivity index (χ4n) is 2.48. The van der Waals surface area contributed by atoms with Crippen LogP contribution in [0.3, 0.4) is 0 Å². The molecule has 1 saturated heterocycles. The predicted molar refractivity (Wildman–Crippen MR) is 84.8 cm³/mol. The molecule has 1 aromatic carbocycles. The van der Waals surface area contributed by atoms with Crippen molar-refractivity contribution in [1.29, 1.82) is 0 Å². The van der Waals surface area contributed by atoms with Crippen LogP contribution in [0.25, 0.3) is 0 Å². The van der Waals surface area contributed by atoms with Crippen LogP contribution in [0.4, 0.5) is 4.79 Å². The molecule has 0 unspecified atom stereocenters. The lowest BCUT2D eigenvalue weighted by Crippen LogP contribution is -2.41. The van der Waals surface area contributed by atoms with Gasteiger partial charge in [0.15, 0.2) is 0 Å². The Morgan fingerprint density at radius 2 is 1.75 bits per heavy atom. The van der Waals surface area contributed by atoms with E-state index in [0.717, 1.165) is 0 Å². The molecule has 1 heterocycles. The molecule has 0 N–H and O–H groups in total. The Bertz CT molecular complexity index is 607. The summed E-state index contributed by atoms with van der Waals surface area (Å²) >= 11 is 0. The largest absolute Gasteiger partial charge is 0.465 e. The number of carbonyl (C=O) groups excluding carboxylic acids is 3. The molecule has 0 spiro atoms. The Morgan fingerprint density at radius 3 is 2.33 bits per heavy atom. The van der Waals surface area contributed by atoms with Gasteiger partial charge in [0, 0.05) is 25.9 Å². The lowest BCUT2D eigenvalue weighted by molar-refractivity contribution is 0.0108. The third-order valence-corrected chi connectivity index (χ3v) is 3.76. The van der Waals surface area contributed by atoms with Crippen LogP contribution in [-0.2, 0) is 14.2 Å². The first-order valence-corrected chi connectivity index (χ1v) is 7.86. The lowest BCUT2D eigenvalue weighted by atomic mass is 10.1. The summed E-state index contributed by atoms with van der Waals surface area (Å²) in [6.45, 7) is 3.07. The third-order valence-electron chi connectivity index (χ3n) is 3.76. The highest BCUT2D eigenvalue weighted by molar-refractivity contribution is 5.95. The van der Waals surface area contributed by atoms with E-state index in [9.17, 15) is 14.4 Å². The Kier molecular flexibility index (Phi) is 6.17. The normalized spacial score (nSPS) is 14.8. The molecule has 0 radical (unpaired) electrons. The number of nitrogens with zero attached hydrogens (tertiary/aromatic N) is 1. The molecule has 1 aromatic rings. The van der Waals surface area contributed by atoms with Crippen molar-refractivity contribution >= 4 is 18.0 Å². The number of methoxy groups -OCH3 is 1. The van der Waals surface area contributed by atoms with Crippen molar-refractivity contribution in [2.45, 2.75) is 25.9 Å². The average molecular weight is 335 g/mol. The lowest BCUT2D eigenvalue weighted by Gasteiger charge is -2.30. The molecule has 7 nitrogen and oxygen atoms in total. The van der Waals surface area contributed by atoms with Gasteiger partial charge in [-0.05, 0) is 25.1 Å². The van der Waals surface area contributed by atoms with E-state index in [1.165, 1.54) is 13.2 Å². The van der Waals surface area contributed by atoms with Crippen LogP contribution >= 0.6 is 0 Å². The Labute approximate surface area is 140 Å². The smallest absolute Gasteiger partial charge is 0.409 e. The van der Waals surface area contributed by atoms with E-state index < -0.39 is 11.9 Å². The van der Waals surface area contributed by atoms with Gasteiger partial charge in [0.1, 0.15) is 6.10 Å². The van der Waals surface area contributed by atoms with Crippen molar-refractivity contribution in [2.75, 3.05) is 26.8 Å². The number of hydrogen-bond acceptors (Lipinski definition) is 6. The van der Waals surface area contributed by atoms with E-state index in [0.29, 0.717) is 43.7 Å². The first-order chi connectivity index (χ1) is 11.5. The molecular formula is C17H21NO6. The number of likely N-dealkylation sites (tertiary alicyclic amines) is 1. The molecule has 0 atom stereocenters. The highest BCUT2D eigenvalue weighted by atomic mass is 16.6. The van der Waals surface area contributed by atoms with Crippen molar-refractivity contribution in [3.8, 4) is 0 Å². The van der Waals surface area contributed by atoms with Crippen molar-refractivity contribution in [3.05, 3.63) is 35.4 Å². The quantitative estimate of drug-likeness (QED) is 0.620. The SMILES string of the molecule is CCOC(=O)N1CCC(OC(=O)c2cccc(C(=O)OC)c2)CC1. The second kappa shape index (κ2) is 8.33. The van der Waals surface area contributed by atoms with Gasteiger partial charge in [0.05, 0.1) is 24.8 Å². The summed E-state index contributed by atoms with van der Waals surface area (Å²) in [5, 5.41) is 0. The van der Waals surface area contributed by atoms with Crippen molar-refractivity contribution in [2.24, 2.45) is 0 Å². The van der Waals surface area contributed by atoms with E-state index in [2.05, 4.69) is 4.74 Å². The first-order valence-electron chi connectivity index (χ1n) is 7.86. The number of amides is 1. The zero-order valence-corrected chi connectivity index (χ0v) is 13.8. The highest BCUT2D eigenvalue weighted by Gasteiger charge is 2.26. The molecule has 1 aliphatic heterocycles. The van der Waals surface area contributed by atoms with Gasteiger partial charge in [-0.25, -0.2) is 14.4 Å². The zero-order chi connectivity index (χ0) is 17.5. The van der Waals surface area contributed by atoms with Crippen LogP contribution < -0.4 is 0 Å². The highest BCUT2D eigenvalue weighted by Crippen LogP contribution is 2.17. The van der Waals surface area contributed by atoms with Crippen LogP contribution in [0.15, 0.2) is 24.3 Å². The van der Waals surface area contributed by atoms with Gasteiger partial charge in [-0.3, -0.25) is 0 Å². The molecule has 1 amide bonds. The molecule has 24 heavy (non-hydrogen) atoms. The van der Waals surface area contributed by atoms with Crippen molar-refractivity contribution in [1.82, 2.24) is 4.90 Å². The summed E-state index contributed by atoms with van der Waals surface area (Å²) in [6.07, 6.45) is 0.515. The van der Waals surface area contributed by atoms with E-state index in [1.54, 1.807) is 30.0 Å². The number of hydrogen-bond donors (Lipinski definition) is 0. The maximum Gasteiger partial charge on any atom is 0.409 e. The summed E-state index contributed by atoms with van der Waals surface area (Å²) < 4.78 is 15.0. The van der Waals surface area contributed by atoms with Crippen LogP contribution in [0, 0.1) is 0 Å². The Hall–Kier alpha value is -2.57. The number of esters is 2. The maximum atomic E-state index is 12.2. The summed E-state index contributed by atoms with van der Waals surface area (Å²) in [4.78, 5) is 37.0. The van der Waals surface area contributed by atoms with Crippen LogP contribution in [0.1, 0.15) is 40.5 Å². The molecule has 7 heteroatoms. The Morgan fingerprint density at radius 1 is 1.12 bits per heavy atom. The predicted octanol–water partition coefficient (Wildman–Crippen LogP) is 2.25. The Balaban J connectivity index is 1.90. The minimum absolute atomic E-state index is 0.259. The summed E-state index contributed by atoms with van der Waals surface area (Å²) in [5.74, 6) is -0.997. The number of benzene rings is 1. The van der Waals surface area contributed by atoms with E-state index in [1.807, 2.05) is 0 Å². The van der Waals surface area contributed by atoms with Gasteiger partial charge < -0.3 is 19.1 Å². The van der Waals surface area contributed by atoms with E-state index >= 15 is 0 Å². The van der Waals surface area contributed by atoms with Gasteiger partial charge in [-0.2, -0.15) is 0 Å². The second-order valence-corrected chi connectivity index (χ2v) is 5.36. The number of ether oxygens (including phenoxy) is 3. The molecule has 0 saturated carbocycles. The molecule has 0 bridgehead atoms. The molecular weight excluding hydrogens is 314 g/mol. The van der Waals surface area contributed by atoms with Gasteiger partial charge in [-0.1, -0.05) is 6.07 Å². The first kappa shape index (κ1) is 17.8. The fraction of sp³-hybridized carbons (Fsp3) is 0.471. The monoisotopic (exact) mass is 335 g/mol. The van der Waals surface area contributed by atoms with Gasteiger partial charge in [0.2, 0.25) is 0 Å². The summed E-state index contributed by atoms with van der Waals surface area (Å²) in [7, 11) is 1.28. The van der Waals surface area contributed by atoms with Crippen molar-refractivity contribution in [3.63, 3.8) is 0 Å². The van der Waals surface area contributed by atoms with Crippen LogP contribution in [0.5, 0.6) is 0 Å². The van der Waals surface area contributed by atoms with Gasteiger partial charge in [-0.15, -0.1) is 0 Å². The third kappa shape index (κ3) is 4.47. The summed E-state index contributed by atoms with van der Waals surface area (Å²) in [6, 6.07) is 6.21. The average Bonchev–Trinajstić information content (AvgIpc) is 2.62. The topological polar surface area (TPSA) is 82.1 Å². The molecule has 2 rings (SSSR count). The van der Waals surface area contributed by atoms with Gasteiger partial charge in [0.25, 0.3) is 0 Å². The zero-order valence-electron chi connectivity index (χ0n) is 13.8. The standard InChI is InChI=1S/C17H21NO6/c1-3-23-17(21)18-9-7-14(8-10-18)24-16(20)13-6-4-5-12(11-13)15(19)22-2/h4-6,11,14H,3,7-10H2,1-2H3. The molecule has 1 aliphatic rings. The minimum atomic E-state index is -0.507. The maximum absolute atomic E-state index is 12.2. The van der Waals surface area contributed by atoms with E-state index in [-0.39, 0.29) is 12.2 Å². The number of rotatable bonds is 4. The van der Waals surface area contributed by atoms with Gasteiger partial charge >= 0.3 is 18.0 Å². The molecule has 0 aromatic heterocycles. The molecule has 0 aliphatic carbocycles. The second-order valence-electron chi connectivity index (χ2n) is 5.36. The molecule has 130 valence electrons. The van der Waals surface area contributed by atoms with Crippen LogP contribution in [0.2, 0.25) is 0 Å². The number of piperidine rings is 1. The number of carbonyl (C=O) groups is 3. The van der Waals surface area contributed by atoms with Crippen molar-refractivity contribution < 1.29 is 28.6 Å². The minimum Gasteiger partial charge on any atom is -0.465 e. The fourth-order valence-corrected chi connectivity index (χ4v) is 2.48. The van der Waals surface area contributed by atoms with Crippen LogP contribution in [-0.4, -0.2) is 55.8 Å².